The van der Waals surface area contributed by atoms with Crippen LogP contribution in [0.3, 0.4) is 0 Å². The minimum absolute atomic E-state index is 0.0273. The van der Waals surface area contributed by atoms with Crippen molar-refractivity contribution in [1.29, 1.82) is 0 Å². The highest BCUT2D eigenvalue weighted by Crippen LogP contribution is 2.26. The van der Waals surface area contributed by atoms with Crippen molar-refractivity contribution in [2.24, 2.45) is 0 Å². The fourth-order valence-electron chi connectivity index (χ4n) is 2.70. The van der Waals surface area contributed by atoms with E-state index in [1.54, 1.807) is 24.4 Å². The Hall–Kier alpha value is -3.62. The molecule has 0 aliphatic carbocycles. The average molecular weight is 384 g/mol. The van der Waals surface area contributed by atoms with Crippen LogP contribution in [0.1, 0.15) is 34.5 Å². The van der Waals surface area contributed by atoms with Gasteiger partial charge in [-0.3, -0.25) is 19.6 Å². The predicted octanol–water partition coefficient (Wildman–Crippen LogP) is 3.22. The van der Waals surface area contributed by atoms with Crippen molar-refractivity contribution in [2.45, 2.75) is 33.5 Å². The molecule has 146 valence electrons. The molecule has 0 saturated heterocycles. The molecule has 9 heteroatoms. The number of aryl methyl sites for hydroxylation is 1. The minimum atomic E-state index is -0.515. The van der Waals surface area contributed by atoms with Crippen LogP contribution in [0.4, 0.5) is 5.69 Å². The molecule has 0 aliphatic heterocycles. The molecule has 0 bridgehead atoms. The molecule has 0 unspecified atom stereocenters. The van der Waals surface area contributed by atoms with Crippen molar-refractivity contribution in [3.8, 4) is 5.75 Å². The molecular formula is C19H20N4O5. The molecule has 1 amide bonds. The summed E-state index contributed by atoms with van der Waals surface area (Å²) in [6.45, 7) is 5.02. The molecule has 2 heterocycles. The van der Waals surface area contributed by atoms with Gasteiger partial charge < -0.3 is 14.5 Å². The Labute approximate surface area is 161 Å². The van der Waals surface area contributed by atoms with Crippen LogP contribution in [0.15, 0.2) is 47.0 Å². The summed E-state index contributed by atoms with van der Waals surface area (Å²) in [6.07, 6.45) is 1.73. The molecule has 1 N–H and O–H groups in total. The van der Waals surface area contributed by atoms with Crippen molar-refractivity contribution in [3.05, 3.63) is 75.5 Å². The Morgan fingerprint density at radius 2 is 2.11 bits per heavy atom. The summed E-state index contributed by atoms with van der Waals surface area (Å²) >= 11 is 0. The number of para-hydroxylation sites is 2. The number of carbonyl (C=O) groups is 1. The Morgan fingerprint density at radius 3 is 2.82 bits per heavy atom. The molecule has 2 aromatic heterocycles. The van der Waals surface area contributed by atoms with Crippen LogP contribution in [0.2, 0.25) is 0 Å². The normalized spacial score (nSPS) is 10.6. The monoisotopic (exact) mass is 384 g/mol. The molecule has 9 nitrogen and oxygen atoms in total. The lowest BCUT2D eigenvalue weighted by atomic mass is 10.2. The zero-order chi connectivity index (χ0) is 20.1. The van der Waals surface area contributed by atoms with Gasteiger partial charge in [0.2, 0.25) is 0 Å². The number of rotatable bonds is 8. The summed E-state index contributed by atoms with van der Waals surface area (Å²) in [5, 5.41) is 18.0. The second kappa shape index (κ2) is 8.38. The van der Waals surface area contributed by atoms with Crippen LogP contribution in [0.5, 0.6) is 5.75 Å². The molecule has 1 aromatic carbocycles. The number of hydrogen-bond donors (Lipinski definition) is 1. The van der Waals surface area contributed by atoms with Crippen molar-refractivity contribution >= 4 is 11.6 Å². The first-order chi connectivity index (χ1) is 13.5. The summed E-state index contributed by atoms with van der Waals surface area (Å²) < 4.78 is 12.8. The Kier molecular flexibility index (Phi) is 5.73. The molecule has 0 aliphatic rings. The molecule has 3 aromatic rings. The van der Waals surface area contributed by atoms with Gasteiger partial charge in [-0.1, -0.05) is 12.1 Å². The van der Waals surface area contributed by atoms with E-state index in [-0.39, 0.29) is 29.7 Å². The Bertz CT molecular complexity index is 992. The van der Waals surface area contributed by atoms with Gasteiger partial charge in [0.25, 0.3) is 5.91 Å². The van der Waals surface area contributed by atoms with Gasteiger partial charge in [-0.15, -0.1) is 0 Å². The number of nitro groups is 1. The van der Waals surface area contributed by atoms with E-state index in [0.29, 0.717) is 12.3 Å². The summed E-state index contributed by atoms with van der Waals surface area (Å²) in [6, 6.07) is 9.21. The van der Waals surface area contributed by atoms with E-state index in [2.05, 4.69) is 10.4 Å². The number of amides is 1. The number of nitrogens with zero attached hydrogens (tertiary/aromatic N) is 3. The van der Waals surface area contributed by atoms with Crippen LogP contribution in [0, 0.1) is 17.0 Å². The predicted molar refractivity (Wildman–Crippen MR) is 99.9 cm³/mol. The van der Waals surface area contributed by atoms with Gasteiger partial charge in [0, 0.05) is 30.4 Å². The number of carbonyl (C=O) groups excluding carboxylic acids is 1. The summed E-state index contributed by atoms with van der Waals surface area (Å²) in [5.41, 5.74) is 1.80. The second-order valence-corrected chi connectivity index (χ2v) is 6.03. The van der Waals surface area contributed by atoms with Crippen molar-refractivity contribution in [3.63, 3.8) is 0 Å². The zero-order valence-electron chi connectivity index (χ0n) is 15.5. The van der Waals surface area contributed by atoms with Crippen LogP contribution in [-0.2, 0) is 19.7 Å². The lowest BCUT2D eigenvalue weighted by Crippen LogP contribution is -2.22. The van der Waals surface area contributed by atoms with E-state index in [0.717, 1.165) is 17.8 Å². The third kappa shape index (κ3) is 4.20. The Morgan fingerprint density at radius 1 is 1.32 bits per heavy atom. The van der Waals surface area contributed by atoms with Crippen LogP contribution in [0.25, 0.3) is 0 Å². The lowest BCUT2D eigenvalue weighted by molar-refractivity contribution is -0.386. The maximum atomic E-state index is 12.3. The number of nitrogens with one attached hydrogen (secondary N) is 1. The van der Waals surface area contributed by atoms with E-state index in [1.807, 2.05) is 18.5 Å². The van der Waals surface area contributed by atoms with Crippen molar-refractivity contribution in [2.75, 3.05) is 0 Å². The van der Waals surface area contributed by atoms with Gasteiger partial charge in [0.1, 0.15) is 12.4 Å². The SMILES string of the molecule is CCn1ncc(CNC(=O)c2ccc(COc3ccccc3[N+](=O)[O-])o2)c1C. The molecular weight excluding hydrogens is 364 g/mol. The van der Waals surface area contributed by atoms with Gasteiger partial charge in [-0.2, -0.15) is 5.10 Å². The van der Waals surface area contributed by atoms with E-state index < -0.39 is 4.92 Å². The van der Waals surface area contributed by atoms with Gasteiger partial charge in [0.15, 0.2) is 11.5 Å². The first-order valence-corrected chi connectivity index (χ1v) is 8.74. The van der Waals surface area contributed by atoms with Crippen LogP contribution >= 0.6 is 0 Å². The molecule has 0 fully saturated rings. The standard InChI is InChI=1S/C19H20N4O5/c1-3-22-13(2)14(11-21-22)10-20-19(24)18-9-8-15(28-18)12-27-17-7-5-4-6-16(17)23(25)26/h4-9,11H,3,10,12H2,1-2H3,(H,20,24). The first kappa shape index (κ1) is 19.2. The maximum Gasteiger partial charge on any atom is 0.310 e. The number of nitro benzene ring substituents is 1. The average Bonchev–Trinajstić information content (AvgIpc) is 3.31. The van der Waals surface area contributed by atoms with Gasteiger partial charge in [-0.05, 0) is 32.0 Å². The highest BCUT2D eigenvalue weighted by atomic mass is 16.6. The minimum Gasteiger partial charge on any atom is -0.479 e. The molecule has 0 radical (unpaired) electrons. The van der Waals surface area contributed by atoms with Gasteiger partial charge in [0.05, 0.1) is 11.1 Å². The van der Waals surface area contributed by atoms with Crippen molar-refractivity contribution in [1.82, 2.24) is 15.1 Å². The van der Waals surface area contributed by atoms with Crippen LogP contribution < -0.4 is 10.1 Å². The largest absolute Gasteiger partial charge is 0.479 e. The molecule has 0 spiro atoms. The highest BCUT2D eigenvalue weighted by molar-refractivity contribution is 5.91. The topological polar surface area (TPSA) is 112 Å². The van der Waals surface area contributed by atoms with E-state index in [1.165, 1.54) is 18.2 Å². The summed E-state index contributed by atoms with van der Waals surface area (Å²) in [4.78, 5) is 22.8. The Balaban J connectivity index is 1.58. The quantitative estimate of drug-likeness (QED) is 0.471. The molecule has 0 atom stereocenters. The van der Waals surface area contributed by atoms with Gasteiger partial charge >= 0.3 is 5.69 Å². The van der Waals surface area contributed by atoms with E-state index >= 15 is 0 Å². The lowest BCUT2D eigenvalue weighted by Gasteiger charge is -2.05. The number of aromatic nitrogens is 2. The van der Waals surface area contributed by atoms with Gasteiger partial charge in [-0.25, -0.2) is 0 Å². The second-order valence-electron chi connectivity index (χ2n) is 6.03. The molecule has 3 rings (SSSR count). The zero-order valence-corrected chi connectivity index (χ0v) is 15.5. The maximum absolute atomic E-state index is 12.3. The number of benzene rings is 1. The number of ether oxygens (including phenoxy) is 1. The molecule has 0 saturated carbocycles. The smallest absolute Gasteiger partial charge is 0.310 e. The highest BCUT2D eigenvalue weighted by Gasteiger charge is 2.16. The fourth-order valence-corrected chi connectivity index (χ4v) is 2.70. The molecule has 28 heavy (non-hydrogen) atoms. The third-order valence-corrected chi connectivity index (χ3v) is 4.26. The third-order valence-electron chi connectivity index (χ3n) is 4.26. The number of furan rings is 1. The number of hydrogen-bond acceptors (Lipinski definition) is 6. The summed E-state index contributed by atoms with van der Waals surface area (Å²) in [7, 11) is 0. The van der Waals surface area contributed by atoms with E-state index in [9.17, 15) is 14.9 Å². The van der Waals surface area contributed by atoms with Crippen molar-refractivity contribution < 1.29 is 18.9 Å². The first-order valence-electron chi connectivity index (χ1n) is 8.74. The summed E-state index contributed by atoms with van der Waals surface area (Å²) in [5.74, 6) is 0.305. The van der Waals surface area contributed by atoms with E-state index in [4.69, 9.17) is 9.15 Å². The van der Waals surface area contributed by atoms with Crippen LogP contribution in [-0.4, -0.2) is 20.6 Å². The fraction of sp³-hybridized carbons (Fsp3) is 0.263.